The Morgan fingerprint density at radius 2 is 2.35 bits per heavy atom. The SMILES string of the molecule is NC[C@@H]1C=C2C=COCC3=C2B(O[C@H]3CO)O1. The van der Waals surface area contributed by atoms with E-state index in [-0.39, 0.29) is 18.8 Å². The second-order valence-electron chi connectivity index (χ2n) is 4.22. The molecule has 6 heteroatoms. The van der Waals surface area contributed by atoms with Crippen LogP contribution in [0.25, 0.3) is 0 Å². The van der Waals surface area contributed by atoms with Crippen LogP contribution in [0.1, 0.15) is 0 Å². The van der Waals surface area contributed by atoms with Crippen LogP contribution < -0.4 is 5.73 Å². The van der Waals surface area contributed by atoms with Crippen LogP contribution in [0.4, 0.5) is 0 Å². The van der Waals surface area contributed by atoms with Crippen molar-refractivity contribution in [2.45, 2.75) is 12.2 Å². The standard InChI is InChI=1S/C11H14BNO4/c13-4-8-3-7-1-2-15-6-9-10(5-14)17-12(16-8)11(7)9/h1-3,8,10,14H,4-6,13H2/t8-,10-/m0/s1. The van der Waals surface area contributed by atoms with Gasteiger partial charge in [0.15, 0.2) is 0 Å². The summed E-state index contributed by atoms with van der Waals surface area (Å²) in [5, 5.41) is 9.31. The van der Waals surface area contributed by atoms with E-state index < -0.39 is 7.12 Å². The normalized spacial score (nSPS) is 30.9. The van der Waals surface area contributed by atoms with Crippen molar-refractivity contribution in [3.63, 3.8) is 0 Å². The molecule has 2 atom stereocenters. The van der Waals surface area contributed by atoms with E-state index in [1.807, 2.05) is 12.2 Å². The van der Waals surface area contributed by atoms with Crippen LogP contribution in [0.3, 0.4) is 0 Å². The first-order chi connectivity index (χ1) is 8.33. The topological polar surface area (TPSA) is 73.9 Å². The predicted octanol–water partition coefficient (Wildman–Crippen LogP) is -0.471. The third kappa shape index (κ3) is 1.73. The zero-order valence-electron chi connectivity index (χ0n) is 9.33. The molecule has 90 valence electrons. The Morgan fingerprint density at radius 3 is 3.12 bits per heavy atom. The van der Waals surface area contributed by atoms with Crippen molar-refractivity contribution in [3.8, 4) is 0 Å². The van der Waals surface area contributed by atoms with E-state index in [9.17, 15) is 5.11 Å². The summed E-state index contributed by atoms with van der Waals surface area (Å²) in [5.74, 6) is 0. The first-order valence-corrected chi connectivity index (χ1v) is 5.68. The summed E-state index contributed by atoms with van der Waals surface area (Å²) in [5.41, 5.74) is 8.59. The molecule has 3 aliphatic heterocycles. The molecule has 0 aromatic carbocycles. The maximum Gasteiger partial charge on any atom is 0.495 e. The Hall–Kier alpha value is -1.08. The average Bonchev–Trinajstić information content (AvgIpc) is 2.57. The molecule has 5 nitrogen and oxygen atoms in total. The summed E-state index contributed by atoms with van der Waals surface area (Å²) in [6, 6.07) is 0. The van der Waals surface area contributed by atoms with Crippen molar-refractivity contribution in [1.29, 1.82) is 0 Å². The molecule has 0 aromatic rings. The molecule has 0 spiro atoms. The fourth-order valence-corrected chi connectivity index (χ4v) is 2.39. The van der Waals surface area contributed by atoms with E-state index in [1.54, 1.807) is 6.26 Å². The van der Waals surface area contributed by atoms with Gasteiger partial charge >= 0.3 is 7.12 Å². The monoisotopic (exact) mass is 235 g/mol. The number of allylic oxidation sites excluding steroid dienone is 3. The predicted molar refractivity (Wildman–Crippen MR) is 61.8 cm³/mol. The number of hydrogen-bond acceptors (Lipinski definition) is 5. The fourth-order valence-electron chi connectivity index (χ4n) is 2.39. The summed E-state index contributed by atoms with van der Waals surface area (Å²) < 4.78 is 16.7. The van der Waals surface area contributed by atoms with E-state index in [0.29, 0.717) is 13.2 Å². The van der Waals surface area contributed by atoms with Crippen LogP contribution >= 0.6 is 0 Å². The number of hydrogen-bond donors (Lipinski definition) is 2. The van der Waals surface area contributed by atoms with E-state index >= 15 is 0 Å². The fraction of sp³-hybridized carbons (Fsp3) is 0.455. The van der Waals surface area contributed by atoms with Crippen LogP contribution in [0.15, 0.2) is 35.0 Å². The van der Waals surface area contributed by atoms with E-state index in [1.165, 1.54) is 0 Å². The first-order valence-electron chi connectivity index (χ1n) is 5.68. The summed E-state index contributed by atoms with van der Waals surface area (Å²) in [7, 11) is -0.429. The molecule has 0 fully saturated rings. The van der Waals surface area contributed by atoms with Crippen molar-refractivity contribution in [3.05, 3.63) is 35.0 Å². The molecule has 0 unspecified atom stereocenters. The Kier molecular flexibility index (Phi) is 2.80. The Bertz CT molecular complexity index is 418. The van der Waals surface area contributed by atoms with Crippen molar-refractivity contribution in [2.75, 3.05) is 19.8 Å². The van der Waals surface area contributed by atoms with Gasteiger partial charge in [0.05, 0.1) is 25.1 Å². The van der Waals surface area contributed by atoms with Crippen LogP contribution in [0, 0.1) is 0 Å². The minimum atomic E-state index is -0.429. The van der Waals surface area contributed by atoms with Gasteiger partial charge in [-0.05, 0) is 28.8 Å². The Labute approximate surface area is 99.7 Å². The van der Waals surface area contributed by atoms with Gasteiger partial charge in [-0.15, -0.1) is 0 Å². The van der Waals surface area contributed by atoms with Crippen molar-refractivity contribution >= 4 is 7.12 Å². The van der Waals surface area contributed by atoms with Gasteiger partial charge in [-0.3, -0.25) is 0 Å². The summed E-state index contributed by atoms with van der Waals surface area (Å²) in [6.45, 7) is 0.772. The van der Waals surface area contributed by atoms with Gasteiger partial charge in [0.2, 0.25) is 0 Å². The third-order valence-electron chi connectivity index (χ3n) is 3.21. The van der Waals surface area contributed by atoms with Crippen LogP contribution in [-0.2, 0) is 14.0 Å². The number of aliphatic hydroxyl groups excluding tert-OH is 1. The molecule has 0 radical (unpaired) electrons. The molecule has 3 aliphatic rings. The minimum Gasteiger partial charge on any atom is -0.497 e. The highest BCUT2D eigenvalue weighted by atomic mass is 16.6. The second-order valence-corrected chi connectivity index (χ2v) is 4.22. The molecule has 0 saturated heterocycles. The van der Waals surface area contributed by atoms with E-state index in [0.717, 1.165) is 16.6 Å². The summed E-state index contributed by atoms with van der Waals surface area (Å²) >= 11 is 0. The van der Waals surface area contributed by atoms with Gasteiger partial charge in [-0.25, -0.2) is 0 Å². The van der Waals surface area contributed by atoms with Gasteiger partial charge in [0.25, 0.3) is 0 Å². The lowest BCUT2D eigenvalue weighted by atomic mass is 9.70. The number of ether oxygens (including phenoxy) is 1. The molecule has 3 heterocycles. The van der Waals surface area contributed by atoms with Crippen LogP contribution in [0.2, 0.25) is 0 Å². The molecule has 0 bridgehead atoms. The lowest BCUT2D eigenvalue weighted by Gasteiger charge is -2.24. The minimum absolute atomic E-state index is 0.0668. The molecule has 3 N–H and O–H groups in total. The molecule has 0 amide bonds. The van der Waals surface area contributed by atoms with E-state index in [2.05, 4.69) is 0 Å². The molecule has 0 aliphatic carbocycles. The molecule has 17 heavy (non-hydrogen) atoms. The molecule has 0 saturated carbocycles. The quantitative estimate of drug-likeness (QED) is 0.633. The number of rotatable bonds is 2. The largest absolute Gasteiger partial charge is 0.497 e. The third-order valence-corrected chi connectivity index (χ3v) is 3.21. The van der Waals surface area contributed by atoms with Crippen LogP contribution in [0.5, 0.6) is 0 Å². The number of aliphatic hydroxyl groups is 1. The maximum atomic E-state index is 9.31. The molecule has 0 aromatic heterocycles. The van der Waals surface area contributed by atoms with Gasteiger partial charge in [0.1, 0.15) is 6.61 Å². The highest BCUT2D eigenvalue weighted by Gasteiger charge is 2.44. The number of nitrogens with two attached hydrogens (primary N) is 1. The highest BCUT2D eigenvalue weighted by Crippen LogP contribution is 2.36. The van der Waals surface area contributed by atoms with Gasteiger partial charge in [-0.1, -0.05) is 0 Å². The van der Waals surface area contributed by atoms with Crippen molar-refractivity contribution in [2.24, 2.45) is 5.73 Å². The smallest absolute Gasteiger partial charge is 0.495 e. The highest BCUT2D eigenvalue weighted by molar-refractivity contribution is 6.57. The molecule has 3 rings (SSSR count). The van der Waals surface area contributed by atoms with Crippen molar-refractivity contribution in [1.82, 2.24) is 0 Å². The van der Waals surface area contributed by atoms with Crippen LogP contribution in [-0.4, -0.2) is 44.2 Å². The lowest BCUT2D eigenvalue weighted by molar-refractivity contribution is 0.100. The zero-order valence-corrected chi connectivity index (χ0v) is 9.33. The molecular formula is C11H14BNO4. The molecular weight excluding hydrogens is 221 g/mol. The zero-order chi connectivity index (χ0) is 11.8. The summed E-state index contributed by atoms with van der Waals surface area (Å²) in [6.07, 6.45) is 5.04. The van der Waals surface area contributed by atoms with Crippen molar-refractivity contribution < 1.29 is 19.2 Å². The average molecular weight is 235 g/mol. The van der Waals surface area contributed by atoms with Gasteiger partial charge in [-0.2, -0.15) is 0 Å². The first kappa shape index (κ1) is 11.0. The van der Waals surface area contributed by atoms with E-state index in [4.69, 9.17) is 19.8 Å². The second kappa shape index (κ2) is 4.31. The van der Waals surface area contributed by atoms with Gasteiger partial charge in [0, 0.05) is 6.54 Å². The maximum absolute atomic E-state index is 9.31. The Balaban J connectivity index is 2.03. The summed E-state index contributed by atoms with van der Waals surface area (Å²) in [4.78, 5) is 0. The van der Waals surface area contributed by atoms with Gasteiger partial charge < -0.3 is 24.9 Å². The Morgan fingerprint density at radius 1 is 1.47 bits per heavy atom. The lowest BCUT2D eigenvalue weighted by Crippen LogP contribution is -2.37.